The lowest BCUT2D eigenvalue weighted by Crippen LogP contribution is -2.18. The number of esters is 1. The Morgan fingerprint density at radius 2 is 1.79 bits per heavy atom. The Kier molecular flexibility index (Phi) is 6.11. The molecular weight excluding hydrogens is 378 g/mol. The molecule has 0 aliphatic carbocycles. The summed E-state index contributed by atoms with van der Waals surface area (Å²) >= 11 is 6.45. The predicted molar refractivity (Wildman–Crippen MR) is 106 cm³/mol. The minimum Gasteiger partial charge on any atom is -0.457 e. The van der Waals surface area contributed by atoms with Crippen LogP contribution in [-0.4, -0.2) is 21.7 Å². The van der Waals surface area contributed by atoms with Crippen molar-refractivity contribution in [2.45, 2.75) is 27.0 Å². The molecule has 7 heteroatoms. The van der Waals surface area contributed by atoms with Crippen LogP contribution in [0.3, 0.4) is 0 Å². The van der Waals surface area contributed by atoms with Crippen molar-refractivity contribution < 1.29 is 14.3 Å². The van der Waals surface area contributed by atoms with Gasteiger partial charge in [-0.1, -0.05) is 41.9 Å². The van der Waals surface area contributed by atoms with Crippen molar-refractivity contribution in [3.63, 3.8) is 0 Å². The molecule has 3 rings (SSSR count). The fraction of sp³-hybridized carbons (Fsp3) is 0.190. The molecule has 0 bridgehead atoms. The van der Waals surface area contributed by atoms with E-state index >= 15 is 0 Å². The maximum atomic E-state index is 12.3. The molecule has 144 valence electrons. The zero-order chi connectivity index (χ0) is 20.1. The first-order chi connectivity index (χ1) is 13.5. The zero-order valence-corrected chi connectivity index (χ0v) is 16.4. The van der Waals surface area contributed by atoms with Crippen LogP contribution in [0.25, 0.3) is 5.69 Å². The van der Waals surface area contributed by atoms with Gasteiger partial charge >= 0.3 is 5.97 Å². The van der Waals surface area contributed by atoms with Crippen molar-refractivity contribution in [3.8, 4) is 5.69 Å². The molecule has 28 heavy (non-hydrogen) atoms. The number of carbonyl (C=O) groups is 2. The summed E-state index contributed by atoms with van der Waals surface area (Å²) in [4.78, 5) is 23.3. The number of aromatic nitrogens is 2. The zero-order valence-electron chi connectivity index (χ0n) is 15.6. The molecule has 0 saturated heterocycles. The Hall–Kier alpha value is -3.12. The molecule has 0 aliphatic heterocycles. The topological polar surface area (TPSA) is 73.2 Å². The number of nitrogens with zero attached hydrogens (tertiary/aromatic N) is 2. The summed E-state index contributed by atoms with van der Waals surface area (Å²) in [6, 6.07) is 16.4. The molecule has 0 atom stereocenters. The van der Waals surface area contributed by atoms with Crippen LogP contribution >= 0.6 is 11.6 Å². The van der Waals surface area contributed by atoms with E-state index < -0.39 is 5.97 Å². The highest BCUT2D eigenvalue weighted by Crippen LogP contribution is 2.24. The Labute approximate surface area is 168 Å². The van der Waals surface area contributed by atoms with Gasteiger partial charge in [-0.25, -0.2) is 9.48 Å². The van der Waals surface area contributed by atoms with Gasteiger partial charge in [0.05, 0.1) is 16.9 Å². The highest BCUT2D eigenvalue weighted by Gasteiger charge is 2.17. The molecule has 1 aromatic heterocycles. The van der Waals surface area contributed by atoms with Gasteiger partial charge in [-0.05, 0) is 36.8 Å². The summed E-state index contributed by atoms with van der Waals surface area (Å²) in [6.07, 6.45) is 0. The van der Waals surface area contributed by atoms with Gasteiger partial charge in [0, 0.05) is 19.0 Å². The number of nitrogens with one attached hydrogen (secondary N) is 1. The van der Waals surface area contributed by atoms with Gasteiger partial charge < -0.3 is 10.1 Å². The number of hydrogen-bond donors (Lipinski definition) is 1. The molecule has 3 aromatic rings. The molecule has 1 amide bonds. The largest absolute Gasteiger partial charge is 0.457 e. The highest BCUT2D eigenvalue weighted by atomic mass is 35.5. The Morgan fingerprint density at radius 1 is 1.11 bits per heavy atom. The number of amides is 1. The van der Waals surface area contributed by atoms with E-state index in [1.54, 1.807) is 28.9 Å². The van der Waals surface area contributed by atoms with E-state index in [9.17, 15) is 9.59 Å². The molecule has 2 aromatic carbocycles. The number of rotatable bonds is 6. The Morgan fingerprint density at radius 3 is 2.43 bits per heavy atom. The Bertz CT molecular complexity index is 982. The molecule has 1 heterocycles. The molecule has 0 radical (unpaired) electrons. The Balaban J connectivity index is 1.66. The van der Waals surface area contributed by atoms with Crippen LogP contribution in [0.5, 0.6) is 0 Å². The summed E-state index contributed by atoms with van der Waals surface area (Å²) in [5, 5.41) is 7.56. The third kappa shape index (κ3) is 4.58. The van der Waals surface area contributed by atoms with Gasteiger partial charge in [0.1, 0.15) is 11.8 Å². The van der Waals surface area contributed by atoms with Crippen LogP contribution in [0.4, 0.5) is 0 Å². The van der Waals surface area contributed by atoms with Crippen molar-refractivity contribution in [1.29, 1.82) is 0 Å². The summed E-state index contributed by atoms with van der Waals surface area (Å²) < 4.78 is 7.04. The number of hydrogen-bond acceptors (Lipinski definition) is 4. The standard InChI is InChI=1S/C21H20ClN3O3/c1-14-19(20(22)25(24-14)18-6-4-3-5-7-18)13-28-21(27)17-10-8-16(9-11-17)12-23-15(2)26/h3-11H,12-13H2,1-2H3,(H,23,26). The summed E-state index contributed by atoms with van der Waals surface area (Å²) in [5.74, 6) is -0.555. The minimum atomic E-state index is -0.450. The second-order valence-electron chi connectivity index (χ2n) is 6.28. The van der Waals surface area contributed by atoms with Crippen molar-refractivity contribution >= 4 is 23.5 Å². The monoisotopic (exact) mass is 397 g/mol. The first kappa shape index (κ1) is 19.6. The lowest BCUT2D eigenvalue weighted by molar-refractivity contribution is -0.119. The lowest BCUT2D eigenvalue weighted by Gasteiger charge is -2.07. The number of ether oxygens (including phenoxy) is 1. The van der Waals surface area contributed by atoms with Gasteiger partial charge in [-0.15, -0.1) is 0 Å². The molecular formula is C21H20ClN3O3. The van der Waals surface area contributed by atoms with Gasteiger partial charge in [0.25, 0.3) is 0 Å². The van der Waals surface area contributed by atoms with Gasteiger partial charge in [-0.3, -0.25) is 4.79 Å². The maximum Gasteiger partial charge on any atom is 0.338 e. The van der Waals surface area contributed by atoms with E-state index in [2.05, 4.69) is 10.4 Å². The maximum absolute atomic E-state index is 12.3. The number of benzene rings is 2. The third-order valence-electron chi connectivity index (χ3n) is 4.20. The number of para-hydroxylation sites is 1. The van der Waals surface area contributed by atoms with E-state index in [1.807, 2.05) is 37.3 Å². The van der Waals surface area contributed by atoms with Crippen LogP contribution in [0.15, 0.2) is 54.6 Å². The fourth-order valence-corrected chi connectivity index (χ4v) is 2.97. The van der Waals surface area contributed by atoms with Crippen molar-refractivity contribution in [2.75, 3.05) is 0 Å². The number of aryl methyl sites for hydroxylation is 1. The first-order valence-corrected chi connectivity index (χ1v) is 9.13. The van der Waals surface area contributed by atoms with E-state index in [4.69, 9.17) is 16.3 Å². The van der Waals surface area contributed by atoms with Gasteiger partial charge in [-0.2, -0.15) is 5.10 Å². The first-order valence-electron chi connectivity index (χ1n) is 8.75. The van der Waals surface area contributed by atoms with Crippen LogP contribution in [-0.2, 0) is 22.7 Å². The van der Waals surface area contributed by atoms with Gasteiger partial charge in [0.15, 0.2) is 0 Å². The average Bonchev–Trinajstić information content (AvgIpc) is 2.99. The molecule has 0 unspecified atom stereocenters. The average molecular weight is 398 g/mol. The highest BCUT2D eigenvalue weighted by molar-refractivity contribution is 6.30. The van der Waals surface area contributed by atoms with Crippen LogP contribution < -0.4 is 5.32 Å². The summed E-state index contributed by atoms with van der Waals surface area (Å²) in [7, 11) is 0. The number of halogens is 1. The van der Waals surface area contributed by atoms with Crippen molar-refractivity contribution in [3.05, 3.63) is 82.1 Å². The number of carbonyl (C=O) groups excluding carboxylic acids is 2. The third-order valence-corrected chi connectivity index (χ3v) is 4.59. The fourth-order valence-electron chi connectivity index (χ4n) is 2.64. The van der Waals surface area contributed by atoms with Crippen LogP contribution in [0, 0.1) is 6.92 Å². The smallest absolute Gasteiger partial charge is 0.338 e. The van der Waals surface area contributed by atoms with Gasteiger partial charge in [0.2, 0.25) is 5.91 Å². The van der Waals surface area contributed by atoms with Crippen LogP contribution in [0.1, 0.15) is 34.1 Å². The predicted octanol–water partition coefficient (Wildman–Crippen LogP) is 3.83. The molecule has 1 N–H and O–H groups in total. The van der Waals surface area contributed by atoms with Crippen molar-refractivity contribution in [1.82, 2.24) is 15.1 Å². The second kappa shape index (κ2) is 8.71. The molecule has 0 saturated carbocycles. The normalized spacial score (nSPS) is 10.5. The van der Waals surface area contributed by atoms with E-state index in [0.29, 0.717) is 28.5 Å². The van der Waals surface area contributed by atoms with E-state index in [1.165, 1.54) is 6.92 Å². The quantitative estimate of drug-likeness (QED) is 0.641. The second-order valence-corrected chi connectivity index (χ2v) is 6.64. The summed E-state index contributed by atoms with van der Waals surface area (Å²) in [5.41, 5.74) is 3.53. The SMILES string of the molecule is CC(=O)NCc1ccc(C(=O)OCc2c(C)nn(-c3ccccc3)c2Cl)cc1. The molecule has 0 spiro atoms. The minimum absolute atomic E-state index is 0.0317. The van der Waals surface area contributed by atoms with Crippen molar-refractivity contribution in [2.24, 2.45) is 0 Å². The summed E-state index contributed by atoms with van der Waals surface area (Å²) in [6.45, 7) is 3.73. The lowest BCUT2D eigenvalue weighted by atomic mass is 10.1. The molecule has 0 fully saturated rings. The van der Waals surface area contributed by atoms with E-state index in [-0.39, 0.29) is 12.5 Å². The molecule has 0 aliphatic rings. The molecule has 6 nitrogen and oxygen atoms in total. The van der Waals surface area contributed by atoms with Crippen LogP contribution in [0.2, 0.25) is 5.15 Å². The van der Waals surface area contributed by atoms with E-state index in [0.717, 1.165) is 11.3 Å².